The average Bonchev–Trinajstić information content (AvgIpc) is 2.34. The molecule has 0 aromatic heterocycles. The van der Waals surface area contributed by atoms with E-state index in [-0.39, 0.29) is 17.9 Å². The zero-order chi connectivity index (χ0) is 12.4. The van der Waals surface area contributed by atoms with E-state index in [9.17, 15) is 13.2 Å². The first kappa shape index (κ1) is 12.2. The average molecular weight is 247 g/mol. The van der Waals surface area contributed by atoms with Crippen LogP contribution in [0.1, 0.15) is 11.7 Å². The smallest absolute Gasteiger partial charge is 0.168 e. The maximum Gasteiger partial charge on any atom is 0.168 e. The molecular weight excluding hydrogens is 235 g/mol. The Morgan fingerprint density at radius 2 is 2.12 bits per heavy atom. The van der Waals surface area contributed by atoms with Crippen LogP contribution in [0.5, 0.6) is 5.75 Å². The molecule has 1 saturated heterocycles. The van der Waals surface area contributed by atoms with Crippen molar-refractivity contribution >= 4 is 0 Å². The fraction of sp³-hybridized carbons (Fsp3) is 0.455. The number of rotatable bonds is 2. The maximum absolute atomic E-state index is 13.7. The molecule has 0 saturated carbocycles. The van der Waals surface area contributed by atoms with Crippen molar-refractivity contribution in [2.24, 2.45) is 0 Å². The molecule has 1 aromatic carbocycles. The second-order valence-electron chi connectivity index (χ2n) is 3.66. The molecule has 0 aliphatic carbocycles. The van der Waals surface area contributed by atoms with Crippen molar-refractivity contribution in [2.75, 3.05) is 26.8 Å². The molecule has 1 heterocycles. The third-order valence-electron chi connectivity index (χ3n) is 2.61. The lowest BCUT2D eigenvalue weighted by Gasteiger charge is -2.25. The summed E-state index contributed by atoms with van der Waals surface area (Å²) >= 11 is 0. The number of hydrogen-bond donors (Lipinski definition) is 1. The number of methoxy groups -OCH3 is 1. The van der Waals surface area contributed by atoms with Crippen molar-refractivity contribution < 1.29 is 22.6 Å². The lowest BCUT2D eigenvalue weighted by atomic mass is 10.1. The van der Waals surface area contributed by atoms with Crippen molar-refractivity contribution in [3.63, 3.8) is 0 Å². The third kappa shape index (κ3) is 2.23. The molecule has 3 nitrogen and oxygen atoms in total. The van der Waals surface area contributed by atoms with Gasteiger partial charge in [0.05, 0.1) is 19.3 Å². The van der Waals surface area contributed by atoms with Crippen LogP contribution in [0.3, 0.4) is 0 Å². The van der Waals surface area contributed by atoms with Crippen LogP contribution in [-0.4, -0.2) is 26.8 Å². The number of hydrogen-bond acceptors (Lipinski definition) is 3. The number of morpholine rings is 1. The third-order valence-corrected chi connectivity index (χ3v) is 2.61. The van der Waals surface area contributed by atoms with Gasteiger partial charge >= 0.3 is 0 Å². The van der Waals surface area contributed by atoms with Crippen molar-refractivity contribution in [1.82, 2.24) is 5.32 Å². The number of benzene rings is 1. The molecule has 1 aliphatic heterocycles. The van der Waals surface area contributed by atoms with E-state index in [1.165, 1.54) is 7.11 Å². The van der Waals surface area contributed by atoms with Gasteiger partial charge in [0.2, 0.25) is 0 Å². The predicted octanol–water partition coefficient (Wildman–Crippen LogP) is 1.77. The van der Waals surface area contributed by atoms with Crippen LogP contribution in [0.15, 0.2) is 6.07 Å². The van der Waals surface area contributed by atoms with Crippen LogP contribution in [0.25, 0.3) is 0 Å². The highest BCUT2D eigenvalue weighted by Gasteiger charge is 2.28. The number of halogens is 3. The zero-order valence-corrected chi connectivity index (χ0v) is 9.23. The first-order chi connectivity index (χ1) is 8.15. The van der Waals surface area contributed by atoms with E-state index in [0.717, 1.165) is 0 Å². The van der Waals surface area contributed by atoms with Crippen molar-refractivity contribution in [3.8, 4) is 5.75 Å². The van der Waals surface area contributed by atoms with Crippen LogP contribution in [0.4, 0.5) is 13.2 Å². The normalized spacial score (nSPS) is 20.4. The summed E-state index contributed by atoms with van der Waals surface area (Å²) in [6, 6.07) is 0.466. The van der Waals surface area contributed by atoms with Crippen LogP contribution in [0.2, 0.25) is 0 Å². The molecule has 0 spiro atoms. The Hall–Kier alpha value is -1.27. The molecule has 1 atom stereocenters. The van der Waals surface area contributed by atoms with Crippen LogP contribution >= 0.6 is 0 Å². The Kier molecular flexibility index (Phi) is 3.54. The van der Waals surface area contributed by atoms with E-state index in [2.05, 4.69) is 5.32 Å². The van der Waals surface area contributed by atoms with Gasteiger partial charge in [-0.05, 0) is 0 Å². The summed E-state index contributed by atoms with van der Waals surface area (Å²) in [5.74, 6) is -3.61. The molecule has 0 amide bonds. The Bertz CT molecular complexity index is 420. The van der Waals surface area contributed by atoms with Crippen molar-refractivity contribution in [3.05, 3.63) is 29.1 Å². The van der Waals surface area contributed by atoms with Gasteiger partial charge in [-0.1, -0.05) is 0 Å². The van der Waals surface area contributed by atoms with Gasteiger partial charge in [0.15, 0.2) is 23.2 Å². The van der Waals surface area contributed by atoms with Gasteiger partial charge in [-0.3, -0.25) is 0 Å². The SMILES string of the molecule is COc1c(F)cc(F)c(F)c1C1CNCCO1. The fourth-order valence-corrected chi connectivity index (χ4v) is 1.84. The van der Waals surface area contributed by atoms with E-state index in [0.29, 0.717) is 19.2 Å². The standard InChI is InChI=1S/C11H12F3NO2/c1-16-11-7(13)4-6(12)10(14)9(11)8-5-15-2-3-17-8/h4,8,15H,2-3,5H2,1H3. The molecule has 1 aliphatic rings. The van der Waals surface area contributed by atoms with E-state index in [1.54, 1.807) is 0 Å². The number of nitrogens with one attached hydrogen (secondary N) is 1. The monoisotopic (exact) mass is 247 g/mol. The van der Waals surface area contributed by atoms with Gasteiger partial charge in [-0.15, -0.1) is 0 Å². The molecule has 0 bridgehead atoms. The van der Waals surface area contributed by atoms with E-state index < -0.39 is 23.6 Å². The maximum atomic E-state index is 13.7. The lowest BCUT2D eigenvalue weighted by molar-refractivity contribution is 0.0232. The van der Waals surface area contributed by atoms with Crippen LogP contribution in [-0.2, 0) is 4.74 Å². The van der Waals surface area contributed by atoms with Gasteiger partial charge in [0.1, 0.15) is 6.10 Å². The second-order valence-corrected chi connectivity index (χ2v) is 3.66. The molecule has 17 heavy (non-hydrogen) atoms. The van der Waals surface area contributed by atoms with Gasteiger partial charge in [0.25, 0.3) is 0 Å². The summed E-state index contributed by atoms with van der Waals surface area (Å²) in [5.41, 5.74) is -0.211. The van der Waals surface area contributed by atoms with E-state index in [1.807, 2.05) is 0 Å². The van der Waals surface area contributed by atoms with E-state index in [4.69, 9.17) is 9.47 Å². The molecule has 1 aromatic rings. The molecule has 6 heteroatoms. The van der Waals surface area contributed by atoms with Gasteiger partial charge in [-0.2, -0.15) is 0 Å². The summed E-state index contributed by atoms with van der Waals surface area (Å²) in [6.07, 6.45) is -0.746. The van der Waals surface area contributed by atoms with Crippen molar-refractivity contribution in [2.45, 2.75) is 6.10 Å². The Morgan fingerprint density at radius 1 is 1.35 bits per heavy atom. The summed E-state index contributed by atoms with van der Waals surface area (Å²) < 4.78 is 50.3. The van der Waals surface area contributed by atoms with Gasteiger partial charge < -0.3 is 14.8 Å². The molecule has 1 unspecified atom stereocenters. The molecular formula is C11H12F3NO2. The molecule has 1 N–H and O–H groups in total. The van der Waals surface area contributed by atoms with Crippen LogP contribution < -0.4 is 10.1 Å². The summed E-state index contributed by atoms with van der Waals surface area (Å²) in [7, 11) is 1.20. The molecule has 2 rings (SSSR count). The quantitative estimate of drug-likeness (QED) is 0.808. The lowest BCUT2D eigenvalue weighted by Crippen LogP contribution is -2.34. The largest absolute Gasteiger partial charge is 0.493 e. The second kappa shape index (κ2) is 4.93. The predicted molar refractivity (Wildman–Crippen MR) is 54.4 cm³/mol. The first-order valence-corrected chi connectivity index (χ1v) is 5.19. The van der Waals surface area contributed by atoms with E-state index >= 15 is 0 Å². The highest BCUT2D eigenvalue weighted by atomic mass is 19.2. The minimum Gasteiger partial charge on any atom is -0.493 e. The molecule has 0 radical (unpaired) electrons. The number of ether oxygens (including phenoxy) is 2. The molecule has 94 valence electrons. The van der Waals surface area contributed by atoms with Crippen LogP contribution in [0, 0.1) is 17.5 Å². The summed E-state index contributed by atoms with van der Waals surface area (Å²) in [5, 5.41) is 2.96. The zero-order valence-electron chi connectivity index (χ0n) is 9.23. The van der Waals surface area contributed by atoms with Gasteiger partial charge in [0, 0.05) is 19.2 Å². The Morgan fingerprint density at radius 3 is 2.71 bits per heavy atom. The summed E-state index contributed by atoms with van der Waals surface area (Å²) in [6.45, 7) is 1.26. The molecule has 1 fully saturated rings. The minimum atomic E-state index is -1.24. The highest BCUT2D eigenvalue weighted by Crippen LogP contribution is 2.34. The Balaban J connectivity index is 2.48. The minimum absolute atomic E-state index is 0.211. The fourth-order valence-electron chi connectivity index (χ4n) is 1.84. The topological polar surface area (TPSA) is 30.5 Å². The van der Waals surface area contributed by atoms with Gasteiger partial charge in [-0.25, -0.2) is 13.2 Å². The summed E-state index contributed by atoms with van der Waals surface area (Å²) in [4.78, 5) is 0. The first-order valence-electron chi connectivity index (χ1n) is 5.19. The van der Waals surface area contributed by atoms with Crippen molar-refractivity contribution in [1.29, 1.82) is 0 Å². The Labute approximate surface area is 96.5 Å². The highest BCUT2D eigenvalue weighted by molar-refractivity contribution is 5.39.